The van der Waals surface area contributed by atoms with Crippen molar-refractivity contribution >= 4 is 22.9 Å². The van der Waals surface area contributed by atoms with E-state index in [4.69, 9.17) is 17.3 Å². The molecular weight excluding hydrogens is 266 g/mol. The lowest BCUT2D eigenvalue weighted by molar-refractivity contribution is 0.143. The molecule has 0 aromatic carbocycles. The molecule has 1 aromatic rings. The molecule has 0 atom stereocenters. The maximum absolute atomic E-state index is 5.98. The molecule has 5 heteroatoms. The average Bonchev–Trinajstić information content (AvgIpc) is 2.75. The van der Waals surface area contributed by atoms with Crippen LogP contribution < -0.4 is 5.73 Å². The second kappa shape index (κ2) is 6.85. The highest BCUT2D eigenvalue weighted by molar-refractivity contribution is 7.15. The fourth-order valence-corrected chi connectivity index (χ4v) is 3.71. The summed E-state index contributed by atoms with van der Waals surface area (Å²) in [6, 6.07) is 1.10. The summed E-state index contributed by atoms with van der Waals surface area (Å²) in [4.78, 5) is 7.97. The van der Waals surface area contributed by atoms with Crippen molar-refractivity contribution in [3.05, 3.63) is 15.5 Å². The van der Waals surface area contributed by atoms with E-state index in [1.54, 1.807) is 11.3 Å². The van der Waals surface area contributed by atoms with Crippen molar-refractivity contribution in [1.29, 1.82) is 0 Å². The lowest BCUT2D eigenvalue weighted by atomic mass is 9.90. The zero-order valence-electron chi connectivity index (χ0n) is 10.9. The number of thiazole rings is 1. The van der Waals surface area contributed by atoms with E-state index in [0.29, 0.717) is 16.6 Å². The highest BCUT2D eigenvalue weighted by atomic mass is 35.5. The monoisotopic (exact) mass is 287 g/mol. The number of hydrogen-bond donors (Lipinski definition) is 1. The van der Waals surface area contributed by atoms with Gasteiger partial charge >= 0.3 is 0 Å². The van der Waals surface area contributed by atoms with Crippen molar-refractivity contribution in [1.82, 2.24) is 9.88 Å². The minimum atomic E-state index is 0.419. The summed E-state index contributed by atoms with van der Waals surface area (Å²) in [6.45, 7) is 4.37. The van der Waals surface area contributed by atoms with Crippen LogP contribution in [0, 0.1) is 0 Å². The predicted molar refractivity (Wildman–Crippen MR) is 78.1 cm³/mol. The summed E-state index contributed by atoms with van der Waals surface area (Å²) in [7, 11) is 0. The summed E-state index contributed by atoms with van der Waals surface area (Å²) >= 11 is 7.49. The quantitative estimate of drug-likeness (QED) is 0.904. The molecule has 0 saturated heterocycles. The van der Waals surface area contributed by atoms with E-state index in [-0.39, 0.29) is 0 Å². The Kier molecular flexibility index (Phi) is 5.42. The Balaban J connectivity index is 1.94. The molecule has 0 radical (unpaired) electrons. The minimum Gasteiger partial charge on any atom is -0.328 e. The number of rotatable bonds is 5. The van der Waals surface area contributed by atoms with Gasteiger partial charge in [0.05, 0.1) is 0 Å². The van der Waals surface area contributed by atoms with Gasteiger partial charge in [0.1, 0.15) is 0 Å². The lowest BCUT2D eigenvalue weighted by Crippen LogP contribution is -2.40. The van der Waals surface area contributed by atoms with Crippen molar-refractivity contribution in [3.63, 3.8) is 0 Å². The third-order valence-corrected chi connectivity index (χ3v) is 4.75. The molecule has 1 heterocycles. The van der Waals surface area contributed by atoms with E-state index < -0.39 is 0 Å². The first-order chi connectivity index (χ1) is 8.69. The van der Waals surface area contributed by atoms with Crippen molar-refractivity contribution in [3.8, 4) is 0 Å². The van der Waals surface area contributed by atoms with Gasteiger partial charge in [0.25, 0.3) is 0 Å². The normalized spacial score (nSPS) is 24.7. The second-order valence-corrected chi connectivity index (χ2v) is 6.82. The summed E-state index contributed by atoms with van der Waals surface area (Å²) < 4.78 is 0.645. The topological polar surface area (TPSA) is 42.2 Å². The standard InChI is InChI=1S/C13H22ClN3S/c1-2-7-17(9-12-8-16-13(14)18-12)11-5-3-10(15)4-6-11/h8,10-11H,2-7,9,15H2,1H3. The van der Waals surface area contributed by atoms with E-state index in [1.165, 1.54) is 24.1 Å². The van der Waals surface area contributed by atoms with Gasteiger partial charge in [-0.15, -0.1) is 11.3 Å². The SMILES string of the molecule is CCCN(Cc1cnc(Cl)s1)C1CCC(N)CC1. The molecule has 18 heavy (non-hydrogen) atoms. The minimum absolute atomic E-state index is 0.419. The van der Waals surface area contributed by atoms with E-state index in [1.807, 2.05) is 6.20 Å². The third kappa shape index (κ3) is 3.92. The van der Waals surface area contributed by atoms with Crippen LogP contribution in [0.15, 0.2) is 6.20 Å². The Morgan fingerprint density at radius 1 is 1.44 bits per heavy atom. The van der Waals surface area contributed by atoms with Crippen LogP contribution in [-0.4, -0.2) is 28.5 Å². The molecule has 1 saturated carbocycles. The molecule has 2 rings (SSSR count). The number of halogens is 1. The zero-order valence-corrected chi connectivity index (χ0v) is 12.5. The van der Waals surface area contributed by atoms with Crippen molar-refractivity contribution in [2.75, 3.05) is 6.54 Å². The summed E-state index contributed by atoms with van der Waals surface area (Å²) in [6.07, 6.45) is 7.88. The molecule has 0 spiro atoms. The summed E-state index contributed by atoms with van der Waals surface area (Å²) in [5, 5.41) is 0. The van der Waals surface area contributed by atoms with Crippen LogP contribution in [0.2, 0.25) is 4.47 Å². The van der Waals surface area contributed by atoms with Crippen LogP contribution >= 0.6 is 22.9 Å². The first-order valence-corrected chi connectivity index (χ1v) is 7.98. The summed E-state index contributed by atoms with van der Waals surface area (Å²) in [5.74, 6) is 0. The Morgan fingerprint density at radius 3 is 2.72 bits per heavy atom. The number of hydrogen-bond acceptors (Lipinski definition) is 4. The van der Waals surface area contributed by atoms with Crippen LogP contribution in [0.1, 0.15) is 43.9 Å². The van der Waals surface area contributed by atoms with Crippen LogP contribution in [0.25, 0.3) is 0 Å². The number of nitrogens with zero attached hydrogens (tertiary/aromatic N) is 2. The third-order valence-electron chi connectivity index (χ3n) is 3.65. The van der Waals surface area contributed by atoms with Crippen molar-refractivity contribution in [2.45, 2.75) is 57.7 Å². The van der Waals surface area contributed by atoms with Crippen LogP contribution in [-0.2, 0) is 6.54 Å². The molecule has 1 aliphatic carbocycles. The van der Waals surface area contributed by atoms with Gasteiger partial charge in [-0.2, -0.15) is 0 Å². The Labute approximate surface area is 118 Å². The van der Waals surface area contributed by atoms with Gasteiger partial charge in [0.15, 0.2) is 4.47 Å². The summed E-state index contributed by atoms with van der Waals surface area (Å²) in [5.41, 5.74) is 5.98. The molecule has 0 amide bonds. The number of aromatic nitrogens is 1. The Hall–Kier alpha value is -0.160. The first kappa shape index (κ1) is 14.3. The molecule has 0 aliphatic heterocycles. The Bertz CT molecular complexity index is 361. The van der Waals surface area contributed by atoms with Crippen molar-refractivity contribution < 1.29 is 0 Å². The van der Waals surface area contributed by atoms with Crippen molar-refractivity contribution in [2.24, 2.45) is 5.73 Å². The van der Waals surface area contributed by atoms with E-state index in [2.05, 4.69) is 16.8 Å². The van der Waals surface area contributed by atoms with E-state index in [9.17, 15) is 0 Å². The van der Waals surface area contributed by atoms with Gasteiger partial charge in [0.2, 0.25) is 0 Å². The van der Waals surface area contributed by atoms with E-state index in [0.717, 1.165) is 25.9 Å². The molecule has 3 nitrogen and oxygen atoms in total. The van der Waals surface area contributed by atoms with Gasteiger partial charge in [-0.25, -0.2) is 4.98 Å². The second-order valence-electron chi connectivity index (χ2n) is 5.12. The van der Waals surface area contributed by atoms with E-state index >= 15 is 0 Å². The van der Waals surface area contributed by atoms with Crippen LogP contribution in [0.5, 0.6) is 0 Å². The smallest absolute Gasteiger partial charge is 0.183 e. The fourth-order valence-electron chi connectivity index (χ4n) is 2.70. The molecule has 0 bridgehead atoms. The molecule has 1 aromatic heterocycles. The Morgan fingerprint density at radius 2 is 2.17 bits per heavy atom. The highest BCUT2D eigenvalue weighted by Crippen LogP contribution is 2.26. The van der Waals surface area contributed by atoms with Crippen LogP contribution in [0.4, 0.5) is 0 Å². The highest BCUT2D eigenvalue weighted by Gasteiger charge is 2.24. The molecule has 0 unspecified atom stereocenters. The molecule has 2 N–H and O–H groups in total. The van der Waals surface area contributed by atoms with Gasteiger partial charge in [-0.3, -0.25) is 4.90 Å². The largest absolute Gasteiger partial charge is 0.328 e. The maximum atomic E-state index is 5.98. The lowest BCUT2D eigenvalue weighted by Gasteiger charge is -2.35. The predicted octanol–water partition coefficient (Wildman–Crippen LogP) is 3.28. The van der Waals surface area contributed by atoms with Gasteiger partial charge in [0, 0.05) is 29.7 Å². The number of nitrogens with two attached hydrogens (primary N) is 1. The van der Waals surface area contributed by atoms with Crippen LogP contribution in [0.3, 0.4) is 0 Å². The zero-order chi connectivity index (χ0) is 13.0. The van der Waals surface area contributed by atoms with Gasteiger partial charge < -0.3 is 5.73 Å². The first-order valence-electron chi connectivity index (χ1n) is 6.79. The van der Waals surface area contributed by atoms with Gasteiger partial charge in [-0.1, -0.05) is 18.5 Å². The molecule has 102 valence electrons. The maximum Gasteiger partial charge on any atom is 0.183 e. The molecule has 1 fully saturated rings. The average molecular weight is 288 g/mol. The molecule has 1 aliphatic rings. The van der Waals surface area contributed by atoms with Gasteiger partial charge in [-0.05, 0) is 38.6 Å². The fraction of sp³-hybridized carbons (Fsp3) is 0.769. The molecular formula is C13H22ClN3S.